The fourth-order valence-corrected chi connectivity index (χ4v) is 0.911. The SMILES string of the molecule is CCOC(=O)[C@@H](C)[C@@H](O)COC(C)(C)C. The van der Waals surface area contributed by atoms with Gasteiger partial charge in [-0.3, -0.25) is 4.79 Å². The maximum atomic E-state index is 11.3. The van der Waals surface area contributed by atoms with Gasteiger partial charge in [0.05, 0.1) is 30.8 Å². The molecule has 0 saturated heterocycles. The van der Waals surface area contributed by atoms with E-state index in [9.17, 15) is 9.90 Å². The third-order valence-electron chi connectivity index (χ3n) is 1.92. The van der Waals surface area contributed by atoms with Crippen LogP contribution in [0.1, 0.15) is 34.6 Å². The summed E-state index contributed by atoms with van der Waals surface area (Å²) in [6, 6.07) is 0. The minimum atomic E-state index is -0.816. The van der Waals surface area contributed by atoms with Gasteiger partial charge in [0.1, 0.15) is 0 Å². The molecule has 15 heavy (non-hydrogen) atoms. The molecule has 0 aromatic heterocycles. The van der Waals surface area contributed by atoms with Crippen LogP contribution >= 0.6 is 0 Å². The Morgan fingerprint density at radius 2 is 1.93 bits per heavy atom. The van der Waals surface area contributed by atoms with E-state index in [0.29, 0.717) is 6.61 Å². The average Bonchev–Trinajstić information content (AvgIpc) is 2.12. The number of aliphatic hydroxyl groups excluding tert-OH is 1. The highest BCUT2D eigenvalue weighted by Gasteiger charge is 2.25. The van der Waals surface area contributed by atoms with Gasteiger partial charge in [-0.15, -0.1) is 0 Å². The fourth-order valence-electron chi connectivity index (χ4n) is 0.911. The number of hydrogen-bond donors (Lipinski definition) is 1. The Hall–Kier alpha value is -0.610. The lowest BCUT2D eigenvalue weighted by molar-refractivity contribution is -0.154. The second-order valence-electron chi connectivity index (χ2n) is 4.53. The third kappa shape index (κ3) is 6.47. The molecule has 0 heterocycles. The van der Waals surface area contributed by atoms with Gasteiger partial charge in [-0.1, -0.05) is 0 Å². The molecule has 0 radical (unpaired) electrons. The van der Waals surface area contributed by atoms with E-state index in [1.54, 1.807) is 13.8 Å². The Balaban J connectivity index is 3.99. The van der Waals surface area contributed by atoms with E-state index in [2.05, 4.69) is 0 Å². The number of ether oxygens (including phenoxy) is 2. The maximum Gasteiger partial charge on any atom is 0.311 e. The van der Waals surface area contributed by atoms with Crippen molar-refractivity contribution >= 4 is 5.97 Å². The predicted octanol–water partition coefficient (Wildman–Crippen LogP) is 1.36. The average molecular weight is 218 g/mol. The van der Waals surface area contributed by atoms with Crippen LogP contribution in [0.4, 0.5) is 0 Å². The molecule has 0 saturated carbocycles. The minimum absolute atomic E-state index is 0.142. The van der Waals surface area contributed by atoms with Gasteiger partial charge in [0.15, 0.2) is 0 Å². The number of aliphatic hydroxyl groups is 1. The number of hydrogen-bond acceptors (Lipinski definition) is 4. The standard InChI is InChI=1S/C11H22O4/c1-6-14-10(13)8(2)9(12)7-15-11(3,4)5/h8-9,12H,6-7H2,1-5H3/t8-,9-/m0/s1. The Morgan fingerprint density at radius 3 is 2.33 bits per heavy atom. The topological polar surface area (TPSA) is 55.8 Å². The van der Waals surface area contributed by atoms with Crippen molar-refractivity contribution in [2.75, 3.05) is 13.2 Å². The lowest BCUT2D eigenvalue weighted by Gasteiger charge is -2.24. The van der Waals surface area contributed by atoms with Crippen molar-refractivity contribution in [2.45, 2.75) is 46.3 Å². The first kappa shape index (κ1) is 14.4. The Morgan fingerprint density at radius 1 is 1.40 bits per heavy atom. The van der Waals surface area contributed by atoms with Gasteiger partial charge in [0.25, 0.3) is 0 Å². The van der Waals surface area contributed by atoms with Crippen molar-refractivity contribution < 1.29 is 19.4 Å². The molecule has 0 unspecified atom stereocenters. The molecule has 0 aliphatic rings. The van der Waals surface area contributed by atoms with Gasteiger partial charge in [0, 0.05) is 0 Å². The highest BCUT2D eigenvalue weighted by Crippen LogP contribution is 2.11. The van der Waals surface area contributed by atoms with Gasteiger partial charge in [0.2, 0.25) is 0 Å². The quantitative estimate of drug-likeness (QED) is 0.708. The molecular formula is C11H22O4. The summed E-state index contributed by atoms with van der Waals surface area (Å²) in [7, 11) is 0. The minimum Gasteiger partial charge on any atom is -0.466 e. The van der Waals surface area contributed by atoms with Crippen molar-refractivity contribution in [3.05, 3.63) is 0 Å². The molecule has 0 aliphatic heterocycles. The molecule has 90 valence electrons. The zero-order valence-electron chi connectivity index (χ0n) is 10.2. The van der Waals surface area contributed by atoms with Gasteiger partial charge in [-0.25, -0.2) is 0 Å². The Bertz CT molecular complexity index is 195. The highest BCUT2D eigenvalue weighted by atomic mass is 16.5. The van der Waals surface area contributed by atoms with Crippen molar-refractivity contribution in [3.63, 3.8) is 0 Å². The molecule has 2 atom stereocenters. The number of carbonyl (C=O) groups excluding carboxylic acids is 1. The molecule has 0 aromatic carbocycles. The van der Waals surface area contributed by atoms with E-state index in [1.165, 1.54) is 0 Å². The van der Waals surface area contributed by atoms with Crippen LogP contribution in [0.15, 0.2) is 0 Å². The Labute approximate surface area is 91.6 Å². The first-order valence-electron chi connectivity index (χ1n) is 5.26. The van der Waals surface area contributed by atoms with E-state index in [-0.39, 0.29) is 18.2 Å². The molecule has 0 aromatic rings. The van der Waals surface area contributed by atoms with Crippen LogP contribution in [-0.4, -0.2) is 36.0 Å². The number of carbonyl (C=O) groups is 1. The molecule has 4 heteroatoms. The second kappa shape index (κ2) is 6.08. The van der Waals surface area contributed by atoms with Crippen LogP contribution in [-0.2, 0) is 14.3 Å². The van der Waals surface area contributed by atoms with Crippen LogP contribution in [0.2, 0.25) is 0 Å². The summed E-state index contributed by atoms with van der Waals surface area (Å²) in [6.07, 6.45) is -0.816. The van der Waals surface area contributed by atoms with Crippen LogP contribution in [0.3, 0.4) is 0 Å². The van der Waals surface area contributed by atoms with Crippen LogP contribution in [0.25, 0.3) is 0 Å². The van der Waals surface area contributed by atoms with E-state index in [0.717, 1.165) is 0 Å². The lowest BCUT2D eigenvalue weighted by atomic mass is 10.1. The highest BCUT2D eigenvalue weighted by molar-refractivity contribution is 5.72. The monoisotopic (exact) mass is 218 g/mol. The first-order valence-corrected chi connectivity index (χ1v) is 5.26. The smallest absolute Gasteiger partial charge is 0.311 e. The molecule has 0 bridgehead atoms. The van der Waals surface area contributed by atoms with E-state index < -0.39 is 12.0 Å². The molecule has 1 N–H and O–H groups in total. The van der Waals surface area contributed by atoms with Crippen LogP contribution in [0.5, 0.6) is 0 Å². The third-order valence-corrected chi connectivity index (χ3v) is 1.92. The van der Waals surface area contributed by atoms with Gasteiger partial charge in [-0.2, -0.15) is 0 Å². The van der Waals surface area contributed by atoms with Crippen molar-refractivity contribution in [1.29, 1.82) is 0 Å². The summed E-state index contributed by atoms with van der Waals surface area (Å²) >= 11 is 0. The summed E-state index contributed by atoms with van der Waals surface area (Å²) < 4.78 is 10.2. The van der Waals surface area contributed by atoms with Gasteiger partial charge >= 0.3 is 5.97 Å². The molecule has 0 spiro atoms. The molecule has 0 fully saturated rings. The predicted molar refractivity (Wildman–Crippen MR) is 57.5 cm³/mol. The largest absolute Gasteiger partial charge is 0.466 e. The van der Waals surface area contributed by atoms with E-state index >= 15 is 0 Å². The number of rotatable bonds is 5. The van der Waals surface area contributed by atoms with E-state index in [4.69, 9.17) is 9.47 Å². The van der Waals surface area contributed by atoms with Crippen LogP contribution in [0, 0.1) is 5.92 Å². The molecular weight excluding hydrogens is 196 g/mol. The molecule has 0 aliphatic carbocycles. The lowest BCUT2D eigenvalue weighted by Crippen LogP contribution is -2.34. The summed E-state index contributed by atoms with van der Waals surface area (Å²) in [6.45, 7) is 9.54. The zero-order chi connectivity index (χ0) is 12.1. The van der Waals surface area contributed by atoms with Crippen molar-refractivity contribution in [3.8, 4) is 0 Å². The fraction of sp³-hybridized carbons (Fsp3) is 0.909. The molecule has 4 nitrogen and oxygen atoms in total. The summed E-state index contributed by atoms with van der Waals surface area (Å²) in [5.41, 5.74) is -0.310. The van der Waals surface area contributed by atoms with Crippen LogP contribution < -0.4 is 0 Å². The molecule has 0 rings (SSSR count). The van der Waals surface area contributed by atoms with Crippen molar-refractivity contribution in [2.24, 2.45) is 5.92 Å². The first-order chi connectivity index (χ1) is 6.78. The summed E-state index contributed by atoms with van der Waals surface area (Å²) in [4.78, 5) is 11.3. The van der Waals surface area contributed by atoms with Gasteiger partial charge in [-0.05, 0) is 34.6 Å². The summed E-state index contributed by atoms with van der Waals surface area (Å²) in [5, 5.41) is 9.65. The van der Waals surface area contributed by atoms with Gasteiger partial charge < -0.3 is 14.6 Å². The number of esters is 1. The maximum absolute atomic E-state index is 11.3. The second-order valence-corrected chi connectivity index (χ2v) is 4.53. The van der Waals surface area contributed by atoms with E-state index in [1.807, 2.05) is 20.8 Å². The Kier molecular flexibility index (Phi) is 5.83. The summed E-state index contributed by atoms with van der Waals surface area (Å²) in [5.74, 6) is -0.935. The van der Waals surface area contributed by atoms with Crippen molar-refractivity contribution in [1.82, 2.24) is 0 Å². The zero-order valence-corrected chi connectivity index (χ0v) is 10.2. The molecule has 0 amide bonds. The normalized spacial score (nSPS) is 15.9.